The number of nitrogens with one attached hydrogen (secondary N) is 1. The molecule has 1 N–H and O–H groups in total. The predicted octanol–water partition coefficient (Wildman–Crippen LogP) is 1.26. The summed E-state index contributed by atoms with van der Waals surface area (Å²) in [7, 11) is 1.82. The van der Waals surface area contributed by atoms with Gasteiger partial charge in [-0.1, -0.05) is 0 Å². The Balaban J connectivity index is 1.30. The zero-order valence-electron chi connectivity index (χ0n) is 16.3. The number of aromatic nitrogens is 2. The minimum atomic E-state index is 0.0922. The van der Waals surface area contributed by atoms with Gasteiger partial charge in [0.05, 0.1) is 0 Å². The van der Waals surface area contributed by atoms with Crippen molar-refractivity contribution in [3.05, 3.63) is 18.0 Å². The van der Waals surface area contributed by atoms with Crippen LogP contribution in [0.3, 0.4) is 0 Å². The number of rotatable bonds is 5. The molecule has 1 aromatic heterocycles. The van der Waals surface area contributed by atoms with Crippen LogP contribution in [-0.4, -0.2) is 70.2 Å². The Morgan fingerprint density at radius 3 is 2.78 bits per heavy atom. The largest absolute Gasteiger partial charge is 0.343 e. The van der Waals surface area contributed by atoms with Crippen LogP contribution in [0.1, 0.15) is 49.0 Å². The Bertz CT molecular complexity index is 682. The maximum atomic E-state index is 12.9. The Labute approximate surface area is 161 Å². The Morgan fingerprint density at radius 1 is 1.22 bits per heavy atom. The topological polar surface area (TPSA) is 70.5 Å². The first-order chi connectivity index (χ1) is 13.1. The van der Waals surface area contributed by atoms with Crippen molar-refractivity contribution in [3.8, 4) is 0 Å². The van der Waals surface area contributed by atoms with Crippen LogP contribution < -0.4 is 5.32 Å². The molecule has 4 heterocycles. The van der Waals surface area contributed by atoms with Gasteiger partial charge in [-0.25, -0.2) is 0 Å². The fraction of sp³-hybridized carbons (Fsp3) is 0.750. The van der Waals surface area contributed by atoms with Crippen molar-refractivity contribution in [3.63, 3.8) is 0 Å². The molecule has 0 aromatic carbocycles. The summed E-state index contributed by atoms with van der Waals surface area (Å²) in [6, 6.07) is 2.21. The van der Waals surface area contributed by atoms with Crippen molar-refractivity contribution in [2.75, 3.05) is 32.7 Å². The van der Waals surface area contributed by atoms with E-state index >= 15 is 0 Å². The fourth-order valence-electron chi connectivity index (χ4n) is 5.02. The standard InChI is InChI=1S/C20H31N5O2/c1-23-18(7-8-22-23)20(27)25-13-15-11-16(14-25)17(21-12-15)5-4-6-19(26)24-9-2-3-10-24/h7-8,15-17,21H,2-6,9-14H2,1H3/t15?,16?,17-/m1/s1. The zero-order chi connectivity index (χ0) is 18.8. The number of nitrogens with zero attached hydrogens (tertiary/aromatic N) is 4. The number of likely N-dealkylation sites (tertiary alicyclic amines) is 2. The monoisotopic (exact) mass is 373 g/mol. The highest BCUT2D eigenvalue weighted by molar-refractivity contribution is 5.92. The Kier molecular flexibility index (Phi) is 5.48. The van der Waals surface area contributed by atoms with Gasteiger partial charge in [-0.15, -0.1) is 0 Å². The number of fused-ring (bicyclic) bond motifs is 2. The lowest BCUT2D eigenvalue weighted by Gasteiger charge is -2.46. The van der Waals surface area contributed by atoms with Crippen LogP contribution in [0.25, 0.3) is 0 Å². The van der Waals surface area contributed by atoms with Crippen LogP contribution >= 0.6 is 0 Å². The first-order valence-electron chi connectivity index (χ1n) is 10.4. The SMILES string of the molecule is Cn1nccc1C(=O)N1CC2CN[C@H](CCCC(=O)N3CCCC3)C(C2)C1. The Morgan fingerprint density at radius 2 is 2.04 bits per heavy atom. The van der Waals surface area contributed by atoms with E-state index in [9.17, 15) is 9.59 Å². The van der Waals surface area contributed by atoms with E-state index in [0.717, 1.165) is 58.4 Å². The van der Waals surface area contributed by atoms with E-state index in [2.05, 4.69) is 10.4 Å². The Hall–Kier alpha value is -1.89. The highest BCUT2D eigenvalue weighted by Gasteiger charge is 2.38. The molecule has 3 saturated heterocycles. The summed E-state index contributed by atoms with van der Waals surface area (Å²) in [5, 5.41) is 7.82. The molecule has 3 atom stereocenters. The quantitative estimate of drug-likeness (QED) is 0.844. The van der Waals surface area contributed by atoms with E-state index in [1.54, 1.807) is 16.9 Å². The van der Waals surface area contributed by atoms with E-state index in [4.69, 9.17) is 0 Å². The molecular formula is C20H31N5O2. The van der Waals surface area contributed by atoms with E-state index in [0.29, 0.717) is 35.9 Å². The van der Waals surface area contributed by atoms with Gasteiger partial charge in [0.25, 0.3) is 5.91 Å². The van der Waals surface area contributed by atoms with Gasteiger partial charge in [-0.3, -0.25) is 14.3 Å². The molecule has 7 nitrogen and oxygen atoms in total. The van der Waals surface area contributed by atoms with Crippen molar-refractivity contribution in [1.82, 2.24) is 24.9 Å². The summed E-state index contributed by atoms with van der Waals surface area (Å²) in [5.74, 6) is 1.42. The number of carbonyl (C=O) groups excluding carboxylic acids is 2. The van der Waals surface area contributed by atoms with Gasteiger partial charge in [0.1, 0.15) is 5.69 Å². The van der Waals surface area contributed by atoms with Crippen molar-refractivity contribution < 1.29 is 9.59 Å². The van der Waals surface area contributed by atoms with Gasteiger partial charge in [-0.05, 0) is 56.6 Å². The minimum absolute atomic E-state index is 0.0922. The maximum absolute atomic E-state index is 12.9. The van der Waals surface area contributed by atoms with Crippen LogP contribution in [0.4, 0.5) is 0 Å². The number of hydrogen-bond donors (Lipinski definition) is 1. The van der Waals surface area contributed by atoms with Gasteiger partial charge in [-0.2, -0.15) is 5.10 Å². The molecule has 0 saturated carbocycles. The molecule has 3 aliphatic heterocycles. The van der Waals surface area contributed by atoms with Crippen LogP contribution in [-0.2, 0) is 11.8 Å². The molecule has 0 radical (unpaired) electrons. The average Bonchev–Trinajstić information content (AvgIpc) is 3.34. The van der Waals surface area contributed by atoms with Crippen molar-refractivity contribution in [1.29, 1.82) is 0 Å². The van der Waals surface area contributed by atoms with E-state index < -0.39 is 0 Å². The highest BCUT2D eigenvalue weighted by atomic mass is 16.2. The molecule has 0 aliphatic carbocycles. The number of amides is 2. The summed E-state index contributed by atoms with van der Waals surface area (Å²) in [5.41, 5.74) is 0.663. The molecule has 0 spiro atoms. The normalized spacial score (nSPS) is 27.8. The van der Waals surface area contributed by atoms with Crippen LogP contribution in [0.2, 0.25) is 0 Å². The number of piperidine rings is 2. The molecule has 2 unspecified atom stereocenters. The predicted molar refractivity (Wildman–Crippen MR) is 102 cm³/mol. The van der Waals surface area contributed by atoms with E-state index in [1.807, 2.05) is 16.8 Å². The van der Waals surface area contributed by atoms with Crippen molar-refractivity contribution in [2.24, 2.45) is 18.9 Å². The highest BCUT2D eigenvalue weighted by Crippen LogP contribution is 2.31. The number of aryl methyl sites for hydroxylation is 1. The third kappa shape index (κ3) is 4.03. The molecule has 7 heteroatoms. The second kappa shape index (κ2) is 8.00. The van der Waals surface area contributed by atoms with Gasteiger partial charge in [0.2, 0.25) is 5.91 Å². The molecule has 1 aromatic rings. The zero-order valence-corrected chi connectivity index (χ0v) is 16.3. The van der Waals surface area contributed by atoms with E-state index in [1.165, 1.54) is 6.42 Å². The third-order valence-corrected chi connectivity index (χ3v) is 6.50. The second-order valence-corrected chi connectivity index (χ2v) is 8.41. The van der Waals surface area contributed by atoms with Crippen LogP contribution in [0.15, 0.2) is 12.3 Å². The van der Waals surface area contributed by atoms with E-state index in [-0.39, 0.29) is 5.91 Å². The lowest BCUT2D eigenvalue weighted by atomic mass is 9.79. The fourth-order valence-corrected chi connectivity index (χ4v) is 5.02. The van der Waals surface area contributed by atoms with Gasteiger partial charge in [0, 0.05) is 51.9 Å². The van der Waals surface area contributed by atoms with Gasteiger partial charge in [0.15, 0.2) is 0 Å². The second-order valence-electron chi connectivity index (χ2n) is 8.41. The maximum Gasteiger partial charge on any atom is 0.272 e. The summed E-state index contributed by atoms with van der Waals surface area (Å²) in [6.07, 6.45) is 7.78. The average molecular weight is 374 g/mol. The summed E-state index contributed by atoms with van der Waals surface area (Å²) < 4.78 is 1.66. The van der Waals surface area contributed by atoms with Crippen molar-refractivity contribution >= 4 is 11.8 Å². The lowest BCUT2D eigenvalue weighted by Crippen LogP contribution is -2.57. The summed E-state index contributed by atoms with van der Waals surface area (Å²) >= 11 is 0. The minimum Gasteiger partial charge on any atom is -0.343 e. The molecular weight excluding hydrogens is 342 g/mol. The molecule has 148 valence electrons. The lowest BCUT2D eigenvalue weighted by molar-refractivity contribution is -0.130. The van der Waals surface area contributed by atoms with Gasteiger partial charge < -0.3 is 15.1 Å². The smallest absolute Gasteiger partial charge is 0.272 e. The first kappa shape index (κ1) is 18.5. The van der Waals surface area contributed by atoms with Crippen molar-refractivity contribution in [2.45, 2.75) is 44.6 Å². The molecule has 2 bridgehead atoms. The molecule has 2 amide bonds. The third-order valence-electron chi connectivity index (χ3n) is 6.50. The number of carbonyl (C=O) groups is 2. The van der Waals surface area contributed by atoms with Gasteiger partial charge >= 0.3 is 0 Å². The molecule has 27 heavy (non-hydrogen) atoms. The van der Waals surface area contributed by atoms with Crippen LogP contribution in [0.5, 0.6) is 0 Å². The number of hydrogen-bond acceptors (Lipinski definition) is 4. The molecule has 3 fully saturated rings. The summed E-state index contributed by atoms with van der Waals surface area (Å²) in [4.78, 5) is 29.1. The van der Waals surface area contributed by atoms with Crippen LogP contribution in [0, 0.1) is 11.8 Å². The first-order valence-corrected chi connectivity index (χ1v) is 10.4. The summed E-state index contributed by atoms with van der Waals surface area (Å²) in [6.45, 7) is 4.48. The molecule has 3 aliphatic rings. The molecule has 4 rings (SSSR count).